The number of carbonyl (C=O) groups is 3. The van der Waals surface area contributed by atoms with Crippen molar-refractivity contribution in [1.82, 2.24) is 19.8 Å². The Balaban J connectivity index is 1.25. The van der Waals surface area contributed by atoms with E-state index in [1.165, 1.54) is 35.5 Å². The Labute approximate surface area is 200 Å². The number of hydrogen-bond acceptors (Lipinski definition) is 4. The molecule has 0 saturated heterocycles. The number of aromatic nitrogens is 2. The lowest BCUT2D eigenvalue weighted by Crippen LogP contribution is -2.31. The van der Waals surface area contributed by atoms with Gasteiger partial charge in [0, 0.05) is 31.0 Å². The van der Waals surface area contributed by atoms with Crippen molar-refractivity contribution in [2.24, 2.45) is 0 Å². The molecule has 3 aromatic carbocycles. The molecule has 1 aromatic heterocycles. The van der Waals surface area contributed by atoms with Crippen molar-refractivity contribution in [2.75, 3.05) is 6.54 Å². The maximum Gasteiger partial charge on any atom is 0.261 e. The molecule has 1 N–H and O–H groups in total. The second-order valence-corrected chi connectivity index (χ2v) is 8.20. The standard InChI is InChI=1S/C27H21FN4O3/c28-23-14-19(6-9-24(23)31-13-11-29-17-31)16-30-25(33)20-7-8-21-22(15-20)27(35)32(26(21)34)12-10-18-4-2-1-3-5-18/h1-9,11,13-15,17H,10,12,16H2,(H,30,33). The number of imide groups is 1. The monoisotopic (exact) mass is 468 g/mol. The summed E-state index contributed by atoms with van der Waals surface area (Å²) >= 11 is 0. The molecule has 0 spiro atoms. The first-order valence-corrected chi connectivity index (χ1v) is 11.1. The zero-order valence-electron chi connectivity index (χ0n) is 18.6. The number of hydrogen-bond donors (Lipinski definition) is 1. The van der Waals surface area contributed by atoms with Gasteiger partial charge in [-0.15, -0.1) is 0 Å². The van der Waals surface area contributed by atoms with E-state index in [1.807, 2.05) is 30.3 Å². The maximum atomic E-state index is 14.5. The highest BCUT2D eigenvalue weighted by atomic mass is 19.1. The number of amides is 3. The first-order valence-electron chi connectivity index (χ1n) is 11.1. The van der Waals surface area contributed by atoms with Crippen molar-refractivity contribution in [3.05, 3.63) is 119 Å². The Bertz CT molecular complexity index is 1420. The largest absolute Gasteiger partial charge is 0.348 e. The first kappa shape index (κ1) is 22.2. The van der Waals surface area contributed by atoms with Gasteiger partial charge in [0.15, 0.2) is 0 Å². The fourth-order valence-corrected chi connectivity index (χ4v) is 4.08. The molecule has 7 nitrogen and oxygen atoms in total. The van der Waals surface area contributed by atoms with Crippen molar-refractivity contribution in [3.63, 3.8) is 0 Å². The van der Waals surface area contributed by atoms with Gasteiger partial charge in [-0.3, -0.25) is 19.3 Å². The molecule has 1 aliphatic rings. The van der Waals surface area contributed by atoms with Gasteiger partial charge in [0.05, 0.1) is 23.1 Å². The van der Waals surface area contributed by atoms with E-state index in [-0.39, 0.29) is 35.7 Å². The molecule has 0 fully saturated rings. The summed E-state index contributed by atoms with van der Waals surface area (Å²) in [7, 11) is 0. The molecule has 35 heavy (non-hydrogen) atoms. The number of rotatable bonds is 7. The topological polar surface area (TPSA) is 84.3 Å². The van der Waals surface area contributed by atoms with Crippen LogP contribution in [0.2, 0.25) is 0 Å². The first-order chi connectivity index (χ1) is 17.0. The van der Waals surface area contributed by atoms with Crippen LogP contribution in [0, 0.1) is 5.82 Å². The zero-order chi connectivity index (χ0) is 24.4. The van der Waals surface area contributed by atoms with Gasteiger partial charge >= 0.3 is 0 Å². The molecule has 174 valence electrons. The van der Waals surface area contributed by atoms with Crippen LogP contribution in [0.25, 0.3) is 5.69 Å². The lowest BCUT2D eigenvalue weighted by Gasteiger charge is -2.13. The summed E-state index contributed by atoms with van der Waals surface area (Å²) in [6.45, 7) is 0.367. The van der Waals surface area contributed by atoms with Gasteiger partial charge in [-0.1, -0.05) is 36.4 Å². The van der Waals surface area contributed by atoms with Crippen molar-refractivity contribution in [1.29, 1.82) is 0 Å². The lowest BCUT2D eigenvalue weighted by molar-refractivity contribution is 0.0656. The van der Waals surface area contributed by atoms with Crippen LogP contribution in [0.3, 0.4) is 0 Å². The van der Waals surface area contributed by atoms with E-state index in [0.717, 1.165) is 5.56 Å². The van der Waals surface area contributed by atoms with Crippen LogP contribution < -0.4 is 5.32 Å². The lowest BCUT2D eigenvalue weighted by atomic mass is 10.1. The highest BCUT2D eigenvalue weighted by molar-refractivity contribution is 6.22. The summed E-state index contributed by atoms with van der Waals surface area (Å²) in [6.07, 6.45) is 5.26. The van der Waals surface area contributed by atoms with E-state index in [4.69, 9.17) is 0 Å². The fourth-order valence-electron chi connectivity index (χ4n) is 4.08. The van der Waals surface area contributed by atoms with Crippen LogP contribution in [0.1, 0.15) is 42.2 Å². The van der Waals surface area contributed by atoms with Gasteiger partial charge in [-0.05, 0) is 47.9 Å². The predicted molar refractivity (Wildman–Crippen MR) is 127 cm³/mol. The maximum absolute atomic E-state index is 14.5. The van der Waals surface area contributed by atoms with Crippen LogP contribution >= 0.6 is 0 Å². The summed E-state index contributed by atoms with van der Waals surface area (Å²) in [5.74, 6) is -1.63. The molecular formula is C27H21FN4O3. The average Bonchev–Trinajstić information content (AvgIpc) is 3.49. The Morgan fingerprint density at radius 3 is 2.46 bits per heavy atom. The second kappa shape index (κ2) is 9.34. The zero-order valence-corrected chi connectivity index (χ0v) is 18.6. The molecule has 8 heteroatoms. The minimum atomic E-state index is -0.438. The van der Waals surface area contributed by atoms with E-state index >= 15 is 0 Å². The molecule has 0 radical (unpaired) electrons. The van der Waals surface area contributed by atoms with Crippen molar-refractivity contribution >= 4 is 17.7 Å². The van der Waals surface area contributed by atoms with E-state index in [9.17, 15) is 18.8 Å². The molecule has 0 aliphatic carbocycles. The molecule has 0 unspecified atom stereocenters. The Morgan fingerprint density at radius 2 is 1.71 bits per heavy atom. The molecule has 4 aromatic rings. The molecule has 0 saturated carbocycles. The van der Waals surface area contributed by atoms with Crippen LogP contribution in [-0.4, -0.2) is 38.7 Å². The van der Waals surface area contributed by atoms with E-state index < -0.39 is 17.6 Å². The summed E-state index contributed by atoms with van der Waals surface area (Å²) in [6, 6.07) is 18.8. The van der Waals surface area contributed by atoms with Gasteiger partial charge < -0.3 is 9.88 Å². The highest BCUT2D eigenvalue weighted by Crippen LogP contribution is 2.24. The smallest absolute Gasteiger partial charge is 0.261 e. The minimum Gasteiger partial charge on any atom is -0.348 e. The molecule has 0 bridgehead atoms. The van der Waals surface area contributed by atoms with E-state index in [1.54, 1.807) is 29.1 Å². The molecule has 2 heterocycles. The van der Waals surface area contributed by atoms with Gasteiger partial charge in [-0.2, -0.15) is 0 Å². The third-order valence-corrected chi connectivity index (χ3v) is 5.95. The number of nitrogens with zero attached hydrogens (tertiary/aromatic N) is 3. The Hall–Kier alpha value is -4.59. The van der Waals surface area contributed by atoms with Crippen molar-refractivity contribution in [3.8, 4) is 5.69 Å². The number of carbonyl (C=O) groups excluding carboxylic acids is 3. The summed E-state index contributed by atoms with van der Waals surface area (Å²) in [5, 5.41) is 2.74. The highest BCUT2D eigenvalue weighted by Gasteiger charge is 2.35. The Kier molecular flexibility index (Phi) is 5.93. The molecule has 5 rings (SSSR count). The van der Waals surface area contributed by atoms with Crippen LogP contribution in [-0.2, 0) is 13.0 Å². The average molecular weight is 468 g/mol. The van der Waals surface area contributed by atoms with Crippen molar-refractivity contribution < 1.29 is 18.8 Å². The molecule has 3 amide bonds. The van der Waals surface area contributed by atoms with Crippen LogP contribution in [0.4, 0.5) is 4.39 Å². The van der Waals surface area contributed by atoms with Crippen LogP contribution in [0.15, 0.2) is 85.5 Å². The summed E-state index contributed by atoms with van der Waals surface area (Å²) in [5.41, 5.74) is 2.72. The minimum absolute atomic E-state index is 0.104. The van der Waals surface area contributed by atoms with Crippen molar-refractivity contribution in [2.45, 2.75) is 13.0 Å². The number of fused-ring (bicyclic) bond motifs is 1. The van der Waals surface area contributed by atoms with Gasteiger partial charge in [0.25, 0.3) is 17.7 Å². The summed E-state index contributed by atoms with van der Waals surface area (Å²) < 4.78 is 16.0. The predicted octanol–water partition coefficient (Wildman–Crippen LogP) is 3.78. The molecule has 0 atom stereocenters. The fraction of sp³-hybridized carbons (Fsp3) is 0.111. The van der Waals surface area contributed by atoms with E-state index in [0.29, 0.717) is 17.7 Å². The Morgan fingerprint density at radius 1 is 0.914 bits per heavy atom. The summed E-state index contributed by atoms with van der Waals surface area (Å²) in [4.78, 5) is 43.4. The van der Waals surface area contributed by atoms with Gasteiger partial charge in [0.1, 0.15) is 5.82 Å². The second-order valence-electron chi connectivity index (χ2n) is 8.20. The number of benzene rings is 3. The van der Waals surface area contributed by atoms with Crippen LogP contribution in [0.5, 0.6) is 0 Å². The van der Waals surface area contributed by atoms with E-state index in [2.05, 4.69) is 10.3 Å². The number of halogens is 1. The third kappa shape index (κ3) is 4.46. The molecular weight excluding hydrogens is 447 g/mol. The number of nitrogens with one attached hydrogen (secondary N) is 1. The number of imidazole rings is 1. The van der Waals surface area contributed by atoms with Gasteiger partial charge in [-0.25, -0.2) is 9.37 Å². The normalized spacial score (nSPS) is 12.7. The SMILES string of the molecule is O=C(NCc1ccc(-n2ccnc2)c(F)c1)c1ccc2c(c1)C(=O)N(CCc1ccccc1)C2=O. The quantitative estimate of drug-likeness (QED) is 0.419. The third-order valence-electron chi connectivity index (χ3n) is 5.95. The van der Waals surface area contributed by atoms with Gasteiger partial charge in [0.2, 0.25) is 0 Å². The molecule has 1 aliphatic heterocycles.